The van der Waals surface area contributed by atoms with Crippen molar-refractivity contribution in [3.05, 3.63) is 99.9 Å². The lowest BCUT2D eigenvalue weighted by Gasteiger charge is -2.31. The molecule has 0 unspecified atom stereocenters. The summed E-state index contributed by atoms with van der Waals surface area (Å²) in [6.07, 6.45) is -1.39. The highest BCUT2D eigenvalue weighted by atomic mass is 35.6. The molecule has 1 aliphatic rings. The molecule has 1 fully saturated rings. The van der Waals surface area contributed by atoms with Crippen molar-refractivity contribution in [1.82, 2.24) is 5.32 Å². The Morgan fingerprint density at radius 2 is 1.73 bits per heavy atom. The fraction of sp³-hybridized carbons (Fsp3) is 0.500. The van der Waals surface area contributed by atoms with Crippen molar-refractivity contribution in [2.45, 2.75) is 93.9 Å². The predicted octanol–water partition coefficient (Wildman–Crippen LogP) is 8.04. The molecule has 1 amide bonds. The van der Waals surface area contributed by atoms with Crippen LogP contribution >= 0.6 is 46.4 Å². The van der Waals surface area contributed by atoms with Crippen LogP contribution in [-0.4, -0.2) is 90.6 Å². The summed E-state index contributed by atoms with van der Waals surface area (Å²) >= 11 is 23.7. The Balaban J connectivity index is 1.97. The average Bonchev–Trinajstić information content (AvgIpc) is 3.55. The number of hydrogen-bond acceptors (Lipinski definition) is 13. The molecule has 0 radical (unpaired) electrons. The van der Waals surface area contributed by atoms with E-state index in [0.717, 1.165) is 11.6 Å². The van der Waals surface area contributed by atoms with Crippen LogP contribution in [0, 0.1) is 11.3 Å². The Morgan fingerprint density at radius 1 is 1.03 bits per heavy atom. The topological polar surface area (TPSA) is 211 Å². The lowest BCUT2D eigenvalue weighted by atomic mass is 9.89. The van der Waals surface area contributed by atoms with E-state index in [1.165, 1.54) is 33.1 Å². The van der Waals surface area contributed by atoms with E-state index in [1.54, 1.807) is 39.0 Å². The van der Waals surface area contributed by atoms with E-state index in [0.29, 0.717) is 11.3 Å². The summed E-state index contributed by atoms with van der Waals surface area (Å²) in [5, 5.41) is 6.30. The van der Waals surface area contributed by atoms with E-state index < -0.39 is 94.2 Å². The maximum absolute atomic E-state index is 14.0. The van der Waals surface area contributed by atoms with Gasteiger partial charge >= 0.3 is 23.9 Å². The van der Waals surface area contributed by atoms with Gasteiger partial charge in [0.05, 0.1) is 30.1 Å². The van der Waals surface area contributed by atoms with E-state index in [4.69, 9.17) is 85.1 Å². The van der Waals surface area contributed by atoms with Crippen molar-refractivity contribution in [2.75, 3.05) is 26.9 Å². The molecule has 1 saturated heterocycles. The second-order valence-corrected chi connectivity index (χ2v) is 18.1. The molecule has 0 saturated carbocycles. The molecule has 3 rings (SSSR count). The van der Waals surface area contributed by atoms with Crippen molar-refractivity contribution < 1.29 is 57.1 Å². The number of carbonyl (C=O) groups is 5. The molecule has 0 bridgehead atoms. The molecule has 1 N–H and O–H groups in total. The minimum atomic E-state index is -1.93. The minimum Gasteiger partial charge on any atom is -0.495 e. The van der Waals surface area contributed by atoms with Gasteiger partial charge in [-0.1, -0.05) is 114 Å². The summed E-state index contributed by atoms with van der Waals surface area (Å²) in [5.41, 5.74) is 8.74. The molecule has 338 valence electrons. The van der Waals surface area contributed by atoms with E-state index in [9.17, 15) is 24.0 Å². The quantitative estimate of drug-likeness (QED) is 0.0174. The Bertz CT molecular complexity index is 1970. The van der Waals surface area contributed by atoms with Gasteiger partial charge in [-0.05, 0) is 62.6 Å². The number of nitrogens with one attached hydrogen (secondary N) is 1. The molecule has 1 aliphatic heterocycles. The minimum absolute atomic E-state index is 0.0794. The van der Waals surface area contributed by atoms with E-state index in [1.807, 2.05) is 30.3 Å². The largest absolute Gasteiger partial charge is 0.495 e. The molecular weight excluding hydrogens is 894 g/mol. The second kappa shape index (κ2) is 23.8. The fourth-order valence-corrected chi connectivity index (χ4v) is 6.47. The number of methoxy groups -OCH3 is 1. The molecule has 2 aromatic carbocycles. The molecule has 0 aromatic heterocycles. The normalized spacial score (nSPS) is 18.0. The molecule has 2 aromatic rings. The van der Waals surface area contributed by atoms with Gasteiger partial charge in [0.15, 0.2) is 5.79 Å². The number of carbonyl (C=O) groups excluding carboxylic acids is 5. The van der Waals surface area contributed by atoms with Crippen LogP contribution in [0.5, 0.6) is 5.75 Å². The Morgan fingerprint density at radius 3 is 2.34 bits per heavy atom. The monoisotopic (exact) mass is 942 g/mol. The number of amides is 1. The highest BCUT2D eigenvalue weighted by Crippen LogP contribution is 2.43. The van der Waals surface area contributed by atoms with Crippen molar-refractivity contribution in [3.8, 4) is 5.75 Å². The van der Waals surface area contributed by atoms with Gasteiger partial charge in [0, 0.05) is 30.2 Å². The summed E-state index contributed by atoms with van der Waals surface area (Å²) in [6, 6.07) is 12.7. The first-order valence-corrected chi connectivity index (χ1v) is 20.7. The summed E-state index contributed by atoms with van der Waals surface area (Å²) in [7, 11) is 1.44. The summed E-state index contributed by atoms with van der Waals surface area (Å²) < 4.78 is 37.8. The fourth-order valence-electron chi connectivity index (χ4n) is 6.03. The van der Waals surface area contributed by atoms with Gasteiger partial charge in [0.2, 0.25) is 15.8 Å². The Labute approximate surface area is 380 Å². The molecule has 1 heterocycles. The van der Waals surface area contributed by atoms with E-state index >= 15 is 0 Å². The number of azide groups is 1. The third-order valence-corrected chi connectivity index (χ3v) is 9.83. The van der Waals surface area contributed by atoms with Crippen LogP contribution in [0.15, 0.2) is 78.5 Å². The molecular formula is C42H50Cl4N4O12. The number of alkyl halides is 3. The number of hydrogen-bond donors (Lipinski definition) is 1. The first kappa shape index (κ1) is 51.8. The van der Waals surface area contributed by atoms with Gasteiger partial charge in [-0.25, -0.2) is 9.59 Å². The van der Waals surface area contributed by atoms with Crippen molar-refractivity contribution >= 4 is 76.2 Å². The highest BCUT2D eigenvalue weighted by Gasteiger charge is 2.47. The number of halogens is 4. The lowest BCUT2D eigenvalue weighted by Crippen LogP contribution is -2.43. The van der Waals surface area contributed by atoms with Gasteiger partial charge in [-0.3, -0.25) is 14.4 Å². The van der Waals surface area contributed by atoms with Crippen molar-refractivity contribution in [2.24, 2.45) is 16.4 Å². The molecule has 6 atom stereocenters. The van der Waals surface area contributed by atoms with Crippen LogP contribution < -0.4 is 10.1 Å². The first-order chi connectivity index (χ1) is 29.1. The second-order valence-electron chi connectivity index (χ2n) is 15.2. The summed E-state index contributed by atoms with van der Waals surface area (Å²) in [5.74, 6) is -5.99. The molecule has 62 heavy (non-hydrogen) atoms. The number of benzene rings is 2. The van der Waals surface area contributed by atoms with Crippen LogP contribution in [0.3, 0.4) is 0 Å². The van der Waals surface area contributed by atoms with Crippen LogP contribution in [0.2, 0.25) is 5.02 Å². The predicted molar refractivity (Wildman–Crippen MR) is 230 cm³/mol. The average molecular weight is 945 g/mol. The van der Waals surface area contributed by atoms with Crippen LogP contribution in [0.4, 0.5) is 0 Å². The van der Waals surface area contributed by atoms with E-state index in [-0.39, 0.29) is 31.0 Å². The maximum Gasteiger partial charge on any atom is 0.348 e. The number of esters is 4. The highest BCUT2D eigenvalue weighted by molar-refractivity contribution is 6.67. The number of rotatable bonds is 22. The van der Waals surface area contributed by atoms with Crippen molar-refractivity contribution in [1.29, 1.82) is 0 Å². The summed E-state index contributed by atoms with van der Waals surface area (Å²) in [4.78, 5) is 69.4. The molecule has 16 nitrogen and oxygen atoms in total. The number of nitrogens with zero attached hydrogens (tertiary/aromatic N) is 3. The SMILES string of the molecule is C=CCOC(=O)C[C@H](OC(=O)C(C)(C)CN=[N+]=[N-])C(=O)O[C@@H](C/C=C/C(=O)N[C@H](Cc1ccc(OC)c(Cl)c1)C(=O)OCC(Cl)(Cl)Cl)[C@H](C)[C@H]1OC(C)(C)O[C@@H]1c1ccccc1. The van der Waals surface area contributed by atoms with Crippen LogP contribution in [0.25, 0.3) is 10.4 Å². The zero-order valence-electron chi connectivity index (χ0n) is 35.0. The molecule has 0 aliphatic carbocycles. The maximum atomic E-state index is 14.0. The zero-order valence-corrected chi connectivity index (χ0v) is 38.0. The molecule has 20 heteroatoms. The first-order valence-electron chi connectivity index (χ1n) is 19.2. The number of ether oxygens (including phenoxy) is 7. The van der Waals surface area contributed by atoms with Gasteiger partial charge in [0.1, 0.15) is 37.2 Å². The van der Waals surface area contributed by atoms with Crippen LogP contribution in [-0.2, 0) is 58.8 Å². The zero-order chi connectivity index (χ0) is 46.3. The smallest absolute Gasteiger partial charge is 0.348 e. The van der Waals surface area contributed by atoms with Crippen molar-refractivity contribution in [3.63, 3.8) is 0 Å². The van der Waals surface area contributed by atoms with Crippen LogP contribution in [0.1, 0.15) is 64.7 Å². The van der Waals surface area contributed by atoms with Gasteiger partial charge in [-0.15, -0.1) is 0 Å². The van der Waals surface area contributed by atoms with Gasteiger partial charge < -0.3 is 38.5 Å². The van der Waals surface area contributed by atoms with Gasteiger partial charge in [0.25, 0.3) is 0 Å². The lowest BCUT2D eigenvalue weighted by molar-refractivity contribution is -0.183. The Kier molecular flexibility index (Phi) is 19.9. The molecule has 0 spiro atoms. The van der Waals surface area contributed by atoms with E-state index in [2.05, 4.69) is 21.9 Å². The summed E-state index contributed by atoms with van der Waals surface area (Å²) in [6.45, 7) is 10.5. The Hall–Kier alpha value is -4.54. The standard InChI is InChI=1S/C42H50Cl4N4O12/c1-8-19-57-34(52)22-32(60-39(55)40(3,4)23-48-50-47)38(54)59-30(25(2)35-36(62-41(5,6)61-35)27-13-10-9-11-14-27)15-12-16-33(51)49-29(37(53)58-24-42(44,45)46)21-26-17-18-31(56-7)28(43)20-26/h8-14,16-18,20,25,29-30,32,35-36H,1,15,19,21-24H2,2-7H3,(H,49,51)/b16-12+/t25-,29+,30-,32-,35+,36+/m0/s1. The van der Waals surface area contributed by atoms with Gasteiger partial charge in [-0.2, -0.15) is 0 Å². The third kappa shape index (κ3) is 16.6. The third-order valence-electron chi connectivity index (χ3n) is 9.21.